The number of aromatic nitrogens is 1. The monoisotopic (exact) mass is 493 g/mol. The van der Waals surface area contributed by atoms with Gasteiger partial charge in [0, 0.05) is 44.7 Å². The van der Waals surface area contributed by atoms with Crippen LogP contribution in [0, 0.1) is 5.92 Å². The third-order valence-corrected chi connectivity index (χ3v) is 7.68. The van der Waals surface area contributed by atoms with E-state index >= 15 is 0 Å². The molecule has 0 saturated carbocycles. The molecule has 34 heavy (non-hydrogen) atoms. The second kappa shape index (κ2) is 11.4. The van der Waals surface area contributed by atoms with Crippen molar-refractivity contribution in [3.8, 4) is 5.75 Å². The van der Waals surface area contributed by atoms with Crippen molar-refractivity contribution in [2.45, 2.75) is 44.2 Å². The van der Waals surface area contributed by atoms with Gasteiger partial charge in [-0.2, -0.15) is 13.6 Å². The molecule has 2 rings (SSSR count). The van der Waals surface area contributed by atoms with E-state index in [4.69, 9.17) is 10.5 Å². The van der Waals surface area contributed by atoms with Crippen LogP contribution in [0.15, 0.2) is 53.7 Å². The average molecular weight is 494 g/mol. The van der Waals surface area contributed by atoms with Crippen molar-refractivity contribution in [2.75, 3.05) is 20.7 Å². The fourth-order valence-electron chi connectivity index (χ4n) is 3.83. The number of hydrogen-bond acceptors (Lipinski definition) is 7. The molecule has 0 radical (unpaired) electrons. The van der Waals surface area contributed by atoms with Crippen LogP contribution in [-0.4, -0.2) is 66.1 Å². The van der Waals surface area contributed by atoms with Crippen molar-refractivity contribution >= 4 is 21.8 Å². The lowest BCUT2D eigenvalue weighted by Crippen LogP contribution is -2.63. The second-order valence-electron chi connectivity index (χ2n) is 8.44. The average Bonchev–Trinajstić information content (AvgIpc) is 2.79. The van der Waals surface area contributed by atoms with Crippen molar-refractivity contribution in [3.63, 3.8) is 0 Å². The Morgan fingerprint density at radius 3 is 2.35 bits per heavy atom. The molecule has 0 fully saturated rings. The number of methoxy groups -OCH3 is 1. The van der Waals surface area contributed by atoms with E-state index < -0.39 is 38.5 Å². The van der Waals surface area contributed by atoms with Gasteiger partial charge < -0.3 is 15.4 Å². The molecule has 0 aliphatic heterocycles. The molecule has 10 nitrogen and oxygen atoms in total. The predicted molar refractivity (Wildman–Crippen MR) is 125 cm³/mol. The van der Waals surface area contributed by atoms with E-state index in [1.165, 1.54) is 36.3 Å². The first-order chi connectivity index (χ1) is 15.9. The molecule has 2 atom stereocenters. The van der Waals surface area contributed by atoms with E-state index in [0.717, 1.165) is 5.56 Å². The number of quaternary nitrogens is 1. The fraction of sp³-hybridized carbons (Fsp3) is 0.435. The van der Waals surface area contributed by atoms with Crippen LogP contribution in [0.3, 0.4) is 0 Å². The van der Waals surface area contributed by atoms with E-state index in [1.54, 1.807) is 39.4 Å². The van der Waals surface area contributed by atoms with E-state index in [2.05, 4.69) is 4.98 Å². The highest BCUT2D eigenvalue weighted by atomic mass is 32.2. The molecule has 2 amide bonds. The highest BCUT2D eigenvalue weighted by Crippen LogP contribution is 2.30. The summed E-state index contributed by atoms with van der Waals surface area (Å²) in [5.41, 5.74) is 6.38. The molecule has 2 aromatic rings. The molecule has 3 N–H and O–H groups in total. The van der Waals surface area contributed by atoms with Gasteiger partial charge in [-0.3, -0.25) is 14.6 Å². The molecule has 0 saturated heterocycles. The Bertz CT molecular complexity index is 1080. The Morgan fingerprint density at radius 1 is 1.21 bits per heavy atom. The van der Waals surface area contributed by atoms with Crippen molar-refractivity contribution in [2.24, 2.45) is 11.7 Å². The zero-order valence-corrected chi connectivity index (χ0v) is 20.7. The number of ether oxygens (including phenoxy) is 1. The summed E-state index contributed by atoms with van der Waals surface area (Å²) < 4.78 is 30.5. The van der Waals surface area contributed by atoms with Crippen molar-refractivity contribution < 1.29 is 32.0 Å². The number of amides is 2. The predicted octanol–water partition coefficient (Wildman–Crippen LogP) is 1.93. The molecule has 1 unspecified atom stereocenters. The molecule has 0 aliphatic rings. The van der Waals surface area contributed by atoms with Gasteiger partial charge >= 0.3 is 10.0 Å². The summed E-state index contributed by atoms with van der Waals surface area (Å²) >= 11 is 0. The first-order valence-electron chi connectivity index (χ1n) is 10.9. The summed E-state index contributed by atoms with van der Waals surface area (Å²) in [5, 5.41) is 11.5. The molecule has 0 spiro atoms. The van der Waals surface area contributed by atoms with Gasteiger partial charge in [-0.05, 0) is 35.9 Å². The van der Waals surface area contributed by atoms with E-state index in [-0.39, 0.29) is 23.6 Å². The zero-order valence-electron chi connectivity index (χ0n) is 19.9. The maximum atomic E-state index is 13.5. The van der Waals surface area contributed by atoms with Gasteiger partial charge in [0.2, 0.25) is 11.9 Å². The molecular formula is C23H33N4O6S+. The van der Waals surface area contributed by atoms with Gasteiger partial charge in [0.1, 0.15) is 17.2 Å². The topological polar surface area (TPSA) is 140 Å². The molecule has 1 heterocycles. The van der Waals surface area contributed by atoms with Crippen LogP contribution in [0.1, 0.15) is 32.3 Å². The van der Waals surface area contributed by atoms with Crippen molar-refractivity contribution in [1.82, 2.24) is 9.88 Å². The van der Waals surface area contributed by atoms with Crippen molar-refractivity contribution in [3.05, 3.63) is 54.4 Å². The minimum absolute atomic E-state index is 0.0125. The van der Waals surface area contributed by atoms with Gasteiger partial charge in [0.05, 0.1) is 7.11 Å². The van der Waals surface area contributed by atoms with E-state index in [9.17, 15) is 23.2 Å². The molecule has 186 valence electrons. The molecule has 0 bridgehead atoms. The molecule has 11 heteroatoms. The van der Waals surface area contributed by atoms with E-state index in [1.807, 2.05) is 6.07 Å². The minimum atomic E-state index is -4.48. The fourth-order valence-corrected chi connectivity index (χ4v) is 5.69. The van der Waals surface area contributed by atoms with Crippen LogP contribution in [0.4, 0.5) is 0 Å². The number of hydrogen-bond donors (Lipinski definition) is 2. The standard InChI is InChI=1S/C23H32N4O6S/c1-17(2)22(23(24)29)27(30,34(31,32)20-11-9-19(33-4)10-12-20)14-6-8-21(28)26(3)16-18-7-5-13-25-15-18/h5,7,9-13,15,17,22,30H,6,8,14,16H2,1-4H3,(H-,24,29)/p+1/t22-,27?/m1/s1. The Morgan fingerprint density at radius 2 is 1.85 bits per heavy atom. The number of nitrogens with two attached hydrogens (primary N) is 1. The Labute approximate surface area is 200 Å². The first-order valence-corrected chi connectivity index (χ1v) is 12.3. The maximum Gasteiger partial charge on any atom is 0.357 e. The number of primary amides is 1. The van der Waals surface area contributed by atoms with Gasteiger partial charge in [-0.1, -0.05) is 24.0 Å². The van der Waals surface area contributed by atoms with Gasteiger partial charge in [-0.25, -0.2) is 0 Å². The summed E-state index contributed by atoms with van der Waals surface area (Å²) in [5.74, 6) is -1.33. The minimum Gasteiger partial charge on any atom is -0.497 e. The Hall–Kier alpha value is -3.02. The highest BCUT2D eigenvalue weighted by molar-refractivity contribution is 7.85. The van der Waals surface area contributed by atoms with Gasteiger partial charge in [0.15, 0.2) is 0 Å². The Kier molecular flexibility index (Phi) is 9.14. The highest BCUT2D eigenvalue weighted by Gasteiger charge is 2.53. The molecule has 1 aromatic heterocycles. The molecule has 1 aromatic carbocycles. The summed E-state index contributed by atoms with van der Waals surface area (Å²) in [6, 6.07) is 7.66. The smallest absolute Gasteiger partial charge is 0.357 e. The zero-order chi connectivity index (χ0) is 25.5. The first kappa shape index (κ1) is 27.2. The summed E-state index contributed by atoms with van der Waals surface area (Å²) in [4.78, 5) is 30.2. The number of carbonyl (C=O) groups is 2. The summed E-state index contributed by atoms with van der Waals surface area (Å²) in [7, 11) is -1.40. The van der Waals surface area contributed by atoms with Crippen LogP contribution in [0.5, 0.6) is 5.75 Å². The SMILES string of the molecule is COc1ccc(S(=O)(=O)[N+](O)(CCCC(=O)N(C)Cc2cccnc2)[C@@H](C(N)=O)C(C)C)cc1. The maximum absolute atomic E-state index is 13.5. The summed E-state index contributed by atoms with van der Waals surface area (Å²) in [6.07, 6.45) is 3.27. The number of carbonyl (C=O) groups excluding carboxylic acids is 2. The van der Waals surface area contributed by atoms with Crippen LogP contribution in [0.25, 0.3) is 0 Å². The number of hydroxylamine groups is 2. The van der Waals surface area contributed by atoms with Crippen LogP contribution in [0.2, 0.25) is 0 Å². The lowest BCUT2D eigenvalue weighted by Gasteiger charge is -2.36. The van der Waals surface area contributed by atoms with Crippen molar-refractivity contribution in [1.29, 1.82) is 0 Å². The molecule has 0 aliphatic carbocycles. The molecular weight excluding hydrogens is 460 g/mol. The lowest BCUT2D eigenvalue weighted by molar-refractivity contribution is -1.02. The van der Waals surface area contributed by atoms with Crippen LogP contribution >= 0.6 is 0 Å². The summed E-state index contributed by atoms with van der Waals surface area (Å²) in [6.45, 7) is 3.16. The normalized spacial score (nSPS) is 14.3. The number of benzene rings is 1. The second-order valence-corrected chi connectivity index (χ2v) is 10.5. The number of sulfonamides is 1. The van der Waals surface area contributed by atoms with Gasteiger partial charge in [0.25, 0.3) is 5.91 Å². The third kappa shape index (κ3) is 6.10. The van der Waals surface area contributed by atoms with Crippen LogP contribution < -0.4 is 10.5 Å². The number of pyridine rings is 1. The van der Waals surface area contributed by atoms with Crippen LogP contribution in [-0.2, 0) is 26.2 Å². The van der Waals surface area contributed by atoms with Gasteiger partial charge in [-0.15, -0.1) is 0 Å². The number of nitrogens with zero attached hydrogens (tertiary/aromatic N) is 3. The Balaban J connectivity index is 2.26. The van der Waals surface area contributed by atoms with E-state index in [0.29, 0.717) is 12.3 Å². The largest absolute Gasteiger partial charge is 0.497 e. The number of rotatable bonds is 12. The quantitative estimate of drug-likeness (QED) is 0.340. The third-order valence-electron chi connectivity index (χ3n) is 5.57. The lowest BCUT2D eigenvalue weighted by atomic mass is 10.0.